The molecule has 6 heteroatoms. The van der Waals surface area contributed by atoms with Crippen molar-refractivity contribution < 1.29 is 14.3 Å². The highest BCUT2D eigenvalue weighted by atomic mass is 16.5. The smallest absolute Gasteiger partial charge is 0.251 e. The highest BCUT2D eigenvalue weighted by Gasteiger charge is 2.36. The zero-order valence-corrected chi connectivity index (χ0v) is 14.0. The maximum Gasteiger partial charge on any atom is 0.251 e. The van der Waals surface area contributed by atoms with Gasteiger partial charge in [-0.05, 0) is 44.5 Å². The molecule has 0 aliphatic carbocycles. The number of carbonyl (C=O) groups excluding carboxylic acids is 2. The first-order chi connectivity index (χ1) is 11.6. The first kappa shape index (κ1) is 16.9. The monoisotopic (exact) mass is 331 g/mol. The van der Waals surface area contributed by atoms with Gasteiger partial charge in [-0.2, -0.15) is 0 Å². The van der Waals surface area contributed by atoms with Gasteiger partial charge in [-0.3, -0.25) is 9.59 Å². The van der Waals surface area contributed by atoms with E-state index in [1.54, 1.807) is 0 Å². The summed E-state index contributed by atoms with van der Waals surface area (Å²) in [5.41, 5.74) is 0.880. The molecule has 2 aliphatic heterocycles. The van der Waals surface area contributed by atoms with Gasteiger partial charge in [0, 0.05) is 6.54 Å². The summed E-state index contributed by atoms with van der Waals surface area (Å²) in [6.07, 6.45) is 1.51. The van der Waals surface area contributed by atoms with Crippen molar-refractivity contribution in [3.05, 3.63) is 35.9 Å². The molecule has 2 heterocycles. The lowest BCUT2D eigenvalue weighted by Crippen LogP contribution is -2.53. The molecule has 130 valence electrons. The van der Waals surface area contributed by atoms with Gasteiger partial charge in [-0.15, -0.1) is 0 Å². The normalized spacial score (nSPS) is 26.0. The number of amides is 2. The predicted molar refractivity (Wildman–Crippen MR) is 90.3 cm³/mol. The van der Waals surface area contributed by atoms with Crippen LogP contribution in [-0.4, -0.2) is 56.1 Å². The Kier molecular flexibility index (Phi) is 5.48. The quantitative estimate of drug-likeness (QED) is 0.852. The van der Waals surface area contributed by atoms with Crippen molar-refractivity contribution in [1.82, 2.24) is 15.5 Å². The Hall–Kier alpha value is -1.92. The van der Waals surface area contributed by atoms with E-state index < -0.39 is 12.1 Å². The van der Waals surface area contributed by atoms with Crippen molar-refractivity contribution in [3.63, 3.8) is 0 Å². The minimum absolute atomic E-state index is 0.0738. The second kappa shape index (κ2) is 7.77. The highest BCUT2D eigenvalue weighted by Crippen LogP contribution is 2.23. The number of hydrogen-bond acceptors (Lipinski definition) is 4. The molecule has 1 aromatic rings. The van der Waals surface area contributed by atoms with Crippen molar-refractivity contribution in [2.24, 2.45) is 5.92 Å². The van der Waals surface area contributed by atoms with Crippen LogP contribution in [-0.2, 0) is 14.3 Å². The lowest BCUT2D eigenvalue weighted by atomic mass is 9.96. The van der Waals surface area contributed by atoms with E-state index >= 15 is 0 Å². The number of ether oxygens (including phenoxy) is 1. The first-order valence-corrected chi connectivity index (χ1v) is 8.55. The number of nitrogens with zero attached hydrogens (tertiary/aromatic N) is 1. The van der Waals surface area contributed by atoms with Crippen LogP contribution in [0.4, 0.5) is 0 Å². The third-order valence-corrected chi connectivity index (χ3v) is 4.83. The van der Waals surface area contributed by atoms with Crippen LogP contribution in [0, 0.1) is 5.92 Å². The average Bonchev–Trinajstić information content (AvgIpc) is 2.61. The second-order valence-electron chi connectivity index (χ2n) is 6.68. The van der Waals surface area contributed by atoms with Crippen molar-refractivity contribution in [2.45, 2.75) is 25.0 Å². The molecule has 0 spiro atoms. The van der Waals surface area contributed by atoms with Crippen LogP contribution in [0.5, 0.6) is 0 Å². The van der Waals surface area contributed by atoms with E-state index in [9.17, 15) is 9.59 Å². The fraction of sp³-hybridized carbons (Fsp3) is 0.556. The lowest BCUT2D eigenvalue weighted by molar-refractivity contribution is -0.148. The molecule has 2 atom stereocenters. The van der Waals surface area contributed by atoms with Gasteiger partial charge in [0.15, 0.2) is 6.10 Å². The summed E-state index contributed by atoms with van der Waals surface area (Å²) >= 11 is 0. The summed E-state index contributed by atoms with van der Waals surface area (Å²) in [5.74, 6) is 0.171. The molecular formula is C18H25N3O3. The first-order valence-electron chi connectivity index (χ1n) is 8.55. The van der Waals surface area contributed by atoms with Gasteiger partial charge in [-0.1, -0.05) is 30.3 Å². The van der Waals surface area contributed by atoms with Gasteiger partial charge in [0.05, 0.1) is 6.04 Å². The van der Waals surface area contributed by atoms with E-state index in [1.165, 1.54) is 0 Å². The number of hydrogen-bond donors (Lipinski definition) is 2. The standard InChI is InChI=1S/C18H25N3O3/c1-21-9-7-13(8-10-21)11-19-18(23)17-16(20-15(22)12-24-17)14-5-3-2-4-6-14/h2-6,13,16-17H,7-12H2,1H3,(H,19,23)(H,20,22). The number of piperidine rings is 1. The van der Waals surface area contributed by atoms with E-state index in [0.717, 1.165) is 31.5 Å². The summed E-state index contributed by atoms with van der Waals surface area (Å²) in [4.78, 5) is 26.6. The Morgan fingerprint density at radius 1 is 1.29 bits per heavy atom. The van der Waals surface area contributed by atoms with Crippen LogP contribution in [0.25, 0.3) is 0 Å². The molecule has 24 heavy (non-hydrogen) atoms. The van der Waals surface area contributed by atoms with Gasteiger partial charge in [-0.25, -0.2) is 0 Å². The number of morpholine rings is 1. The van der Waals surface area contributed by atoms with E-state index in [2.05, 4.69) is 22.6 Å². The summed E-state index contributed by atoms with van der Waals surface area (Å²) in [5, 5.41) is 5.89. The summed E-state index contributed by atoms with van der Waals surface area (Å²) in [6.45, 7) is 2.74. The summed E-state index contributed by atoms with van der Waals surface area (Å²) in [7, 11) is 2.12. The van der Waals surface area contributed by atoms with Crippen molar-refractivity contribution >= 4 is 11.8 Å². The van der Waals surface area contributed by atoms with E-state index in [1.807, 2.05) is 30.3 Å². The zero-order valence-electron chi connectivity index (χ0n) is 14.0. The van der Waals surface area contributed by atoms with Gasteiger partial charge in [0.2, 0.25) is 5.91 Å². The molecule has 0 saturated carbocycles. The number of benzene rings is 1. The molecule has 0 bridgehead atoms. The molecule has 1 aromatic carbocycles. The minimum Gasteiger partial charge on any atom is -0.356 e. The SMILES string of the molecule is CN1CCC(CNC(=O)C2OCC(=O)NC2c2ccccc2)CC1. The van der Waals surface area contributed by atoms with Crippen molar-refractivity contribution in [3.8, 4) is 0 Å². The molecular weight excluding hydrogens is 306 g/mol. The van der Waals surface area contributed by atoms with Crippen LogP contribution in [0.1, 0.15) is 24.4 Å². The van der Waals surface area contributed by atoms with Gasteiger partial charge in [0.25, 0.3) is 5.91 Å². The number of carbonyl (C=O) groups is 2. The van der Waals surface area contributed by atoms with Crippen LogP contribution in [0.2, 0.25) is 0 Å². The topological polar surface area (TPSA) is 70.7 Å². The molecule has 2 unspecified atom stereocenters. The molecule has 0 radical (unpaired) electrons. The van der Waals surface area contributed by atoms with E-state index in [0.29, 0.717) is 12.5 Å². The summed E-state index contributed by atoms with van der Waals surface area (Å²) in [6, 6.07) is 9.05. The number of nitrogens with one attached hydrogen (secondary N) is 2. The molecule has 0 aromatic heterocycles. The molecule has 2 fully saturated rings. The second-order valence-corrected chi connectivity index (χ2v) is 6.68. The molecule has 6 nitrogen and oxygen atoms in total. The number of likely N-dealkylation sites (tertiary alicyclic amines) is 1. The maximum atomic E-state index is 12.6. The molecule has 2 amide bonds. The lowest BCUT2D eigenvalue weighted by Gasteiger charge is -2.33. The molecule has 2 aliphatic rings. The largest absolute Gasteiger partial charge is 0.356 e. The van der Waals surface area contributed by atoms with E-state index in [4.69, 9.17) is 4.74 Å². The average molecular weight is 331 g/mol. The Morgan fingerprint density at radius 2 is 2.00 bits per heavy atom. The van der Waals surface area contributed by atoms with Crippen molar-refractivity contribution in [2.75, 3.05) is 33.3 Å². The zero-order chi connectivity index (χ0) is 16.9. The third kappa shape index (κ3) is 4.13. The Bertz CT molecular complexity index is 570. The highest BCUT2D eigenvalue weighted by molar-refractivity contribution is 5.86. The fourth-order valence-electron chi connectivity index (χ4n) is 3.31. The Labute approximate surface area is 142 Å². The molecule has 3 rings (SSSR count). The van der Waals surface area contributed by atoms with Crippen molar-refractivity contribution in [1.29, 1.82) is 0 Å². The predicted octanol–water partition coefficient (Wildman–Crippen LogP) is 0.701. The number of rotatable bonds is 4. The van der Waals surface area contributed by atoms with Gasteiger partial charge in [0.1, 0.15) is 6.61 Å². The third-order valence-electron chi connectivity index (χ3n) is 4.83. The van der Waals surface area contributed by atoms with Crippen LogP contribution < -0.4 is 10.6 Å². The molecule has 2 N–H and O–H groups in total. The Morgan fingerprint density at radius 3 is 2.71 bits per heavy atom. The van der Waals surface area contributed by atoms with Gasteiger partial charge < -0.3 is 20.3 Å². The summed E-state index contributed by atoms with van der Waals surface area (Å²) < 4.78 is 5.54. The Balaban J connectivity index is 1.60. The maximum absolute atomic E-state index is 12.6. The van der Waals surface area contributed by atoms with Crippen LogP contribution in [0.15, 0.2) is 30.3 Å². The van der Waals surface area contributed by atoms with E-state index in [-0.39, 0.29) is 18.4 Å². The van der Waals surface area contributed by atoms with Gasteiger partial charge >= 0.3 is 0 Å². The minimum atomic E-state index is -0.684. The van der Waals surface area contributed by atoms with Crippen LogP contribution >= 0.6 is 0 Å². The molecule has 2 saturated heterocycles. The fourth-order valence-corrected chi connectivity index (χ4v) is 3.31. The van der Waals surface area contributed by atoms with Crippen LogP contribution in [0.3, 0.4) is 0 Å².